The minimum Gasteiger partial charge on any atom is -0.493 e. The smallest absolute Gasteiger partial charge is 0.241 e. The fourth-order valence-corrected chi connectivity index (χ4v) is 3.66. The van der Waals surface area contributed by atoms with Crippen molar-refractivity contribution in [2.45, 2.75) is 13.5 Å². The molecule has 0 heterocycles. The summed E-state index contributed by atoms with van der Waals surface area (Å²) in [4.78, 5) is 12.4. The molecule has 1 N–H and O–H groups in total. The van der Waals surface area contributed by atoms with Gasteiger partial charge in [-0.1, -0.05) is 22.0 Å². The first-order chi connectivity index (χ1) is 13.2. The molecule has 0 aliphatic carbocycles. The molecule has 0 spiro atoms. The summed E-state index contributed by atoms with van der Waals surface area (Å²) >= 11 is 3.39. The standard InChI is InChI=1S/C19H23BrN2O5S/c1-13-9-15(6-7-16(13)20)22(28(4,24)25)12-19(23)21-11-14-5-8-17(26-2)18(10-14)27-3/h5-10H,11-12H2,1-4H3,(H,21,23). The van der Waals surface area contributed by atoms with Crippen LogP contribution in [0.3, 0.4) is 0 Å². The van der Waals surface area contributed by atoms with Gasteiger partial charge in [0.1, 0.15) is 6.54 Å². The molecule has 0 unspecified atom stereocenters. The quantitative estimate of drug-likeness (QED) is 0.640. The molecule has 28 heavy (non-hydrogen) atoms. The maximum Gasteiger partial charge on any atom is 0.241 e. The second-order valence-corrected chi connectivity index (χ2v) is 8.93. The van der Waals surface area contributed by atoms with Gasteiger partial charge in [0.25, 0.3) is 0 Å². The molecule has 0 aromatic heterocycles. The van der Waals surface area contributed by atoms with E-state index in [2.05, 4.69) is 21.2 Å². The number of hydrogen-bond donors (Lipinski definition) is 1. The third kappa shape index (κ3) is 5.62. The minimum atomic E-state index is -3.62. The number of nitrogens with one attached hydrogen (secondary N) is 1. The third-order valence-corrected chi connectivity index (χ3v) is 6.09. The molecule has 0 aliphatic rings. The number of methoxy groups -OCH3 is 2. The van der Waals surface area contributed by atoms with Crippen LogP contribution >= 0.6 is 15.9 Å². The number of anilines is 1. The first-order valence-corrected chi connectivity index (χ1v) is 11.0. The first-order valence-electron chi connectivity index (χ1n) is 8.37. The second kappa shape index (κ2) is 9.29. The van der Waals surface area contributed by atoms with E-state index in [9.17, 15) is 13.2 Å². The SMILES string of the molecule is COc1ccc(CNC(=O)CN(c2ccc(Br)c(C)c2)S(C)(=O)=O)cc1OC. The largest absolute Gasteiger partial charge is 0.493 e. The van der Waals surface area contributed by atoms with Crippen LogP contribution in [0.1, 0.15) is 11.1 Å². The fraction of sp³-hybridized carbons (Fsp3) is 0.316. The van der Waals surface area contributed by atoms with Gasteiger partial charge in [0.2, 0.25) is 15.9 Å². The van der Waals surface area contributed by atoms with Crippen molar-refractivity contribution in [2.75, 3.05) is 31.3 Å². The number of halogens is 1. The summed E-state index contributed by atoms with van der Waals surface area (Å²) in [5.74, 6) is 0.726. The zero-order valence-corrected chi connectivity index (χ0v) is 18.6. The van der Waals surface area contributed by atoms with Gasteiger partial charge in [-0.25, -0.2) is 8.42 Å². The van der Waals surface area contributed by atoms with Crippen molar-refractivity contribution >= 4 is 37.5 Å². The van der Waals surface area contributed by atoms with Gasteiger partial charge >= 0.3 is 0 Å². The minimum absolute atomic E-state index is 0.232. The van der Waals surface area contributed by atoms with Crippen molar-refractivity contribution in [3.63, 3.8) is 0 Å². The van der Waals surface area contributed by atoms with Gasteiger partial charge in [-0.3, -0.25) is 9.10 Å². The Morgan fingerprint density at radius 1 is 1.11 bits per heavy atom. The number of rotatable bonds is 8. The van der Waals surface area contributed by atoms with Gasteiger partial charge in [-0.2, -0.15) is 0 Å². The molecule has 0 saturated heterocycles. The summed E-state index contributed by atoms with van der Waals surface area (Å²) in [6.07, 6.45) is 1.08. The second-order valence-electron chi connectivity index (χ2n) is 6.17. The van der Waals surface area contributed by atoms with Crippen LogP contribution in [0.15, 0.2) is 40.9 Å². The average Bonchev–Trinajstić information content (AvgIpc) is 2.65. The molecule has 7 nitrogen and oxygen atoms in total. The van der Waals surface area contributed by atoms with Crippen LogP contribution in [0.5, 0.6) is 11.5 Å². The Kier molecular flexibility index (Phi) is 7.31. The van der Waals surface area contributed by atoms with Gasteiger partial charge < -0.3 is 14.8 Å². The zero-order chi connectivity index (χ0) is 20.9. The van der Waals surface area contributed by atoms with Crippen molar-refractivity contribution in [3.05, 3.63) is 52.0 Å². The summed E-state index contributed by atoms with van der Waals surface area (Å²) in [5.41, 5.74) is 2.11. The highest BCUT2D eigenvalue weighted by Crippen LogP contribution is 2.27. The Balaban J connectivity index is 2.11. The maximum atomic E-state index is 12.4. The highest BCUT2D eigenvalue weighted by Gasteiger charge is 2.21. The lowest BCUT2D eigenvalue weighted by atomic mass is 10.2. The topological polar surface area (TPSA) is 84.9 Å². The van der Waals surface area contributed by atoms with E-state index < -0.39 is 15.9 Å². The predicted octanol–water partition coefficient (Wildman–Crippen LogP) is 2.86. The van der Waals surface area contributed by atoms with E-state index in [1.165, 1.54) is 7.11 Å². The Morgan fingerprint density at radius 3 is 2.36 bits per heavy atom. The molecule has 0 radical (unpaired) electrons. The fourth-order valence-electron chi connectivity index (χ4n) is 2.56. The van der Waals surface area contributed by atoms with Crippen molar-refractivity contribution in [1.82, 2.24) is 5.32 Å². The van der Waals surface area contributed by atoms with Gasteiger partial charge in [-0.15, -0.1) is 0 Å². The molecular weight excluding hydrogens is 448 g/mol. The van der Waals surface area contributed by atoms with Gasteiger partial charge in [0, 0.05) is 11.0 Å². The number of carbonyl (C=O) groups is 1. The van der Waals surface area contributed by atoms with Crippen LogP contribution in [0.25, 0.3) is 0 Å². The summed E-state index contributed by atoms with van der Waals surface area (Å²) < 4.78 is 36.8. The van der Waals surface area contributed by atoms with Crippen LogP contribution in [0.4, 0.5) is 5.69 Å². The number of ether oxygens (including phenoxy) is 2. The van der Waals surface area contributed by atoms with Gasteiger partial charge in [-0.05, 0) is 48.4 Å². The predicted molar refractivity (Wildman–Crippen MR) is 112 cm³/mol. The molecule has 9 heteroatoms. The Bertz CT molecular complexity index is 963. The van der Waals surface area contributed by atoms with Gasteiger partial charge in [0.15, 0.2) is 11.5 Å². The number of hydrogen-bond acceptors (Lipinski definition) is 5. The molecule has 2 aromatic carbocycles. The highest BCUT2D eigenvalue weighted by molar-refractivity contribution is 9.10. The van der Waals surface area contributed by atoms with Crippen LogP contribution < -0.4 is 19.1 Å². The van der Waals surface area contributed by atoms with E-state index in [4.69, 9.17) is 9.47 Å². The molecule has 0 fully saturated rings. The molecule has 2 aromatic rings. The lowest BCUT2D eigenvalue weighted by Gasteiger charge is -2.22. The number of nitrogens with zero attached hydrogens (tertiary/aromatic N) is 1. The maximum absolute atomic E-state index is 12.4. The van der Waals surface area contributed by atoms with Crippen LogP contribution in [-0.4, -0.2) is 41.3 Å². The first kappa shape index (κ1) is 22.0. The van der Waals surface area contributed by atoms with E-state index in [0.29, 0.717) is 17.2 Å². The number of carbonyl (C=O) groups excluding carboxylic acids is 1. The third-order valence-electron chi connectivity index (χ3n) is 4.05. The monoisotopic (exact) mass is 470 g/mol. The van der Waals surface area contributed by atoms with E-state index in [0.717, 1.165) is 26.2 Å². The van der Waals surface area contributed by atoms with Crippen molar-refractivity contribution in [3.8, 4) is 11.5 Å². The Hall–Kier alpha value is -2.26. The number of benzene rings is 2. The average molecular weight is 471 g/mol. The van der Waals surface area contributed by atoms with Crippen LogP contribution in [0.2, 0.25) is 0 Å². The van der Waals surface area contributed by atoms with E-state index in [1.54, 1.807) is 43.5 Å². The Morgan fingerprint density at radius 2 is 1.79 bits per heavy atom. The lowest BCUT2D eigenvalue weighted by molar-refractivity contribution is -0.119. The molecule has 0 atom stereocenters. The van der Waals surface area contributed by atoms with Crippen LogP contribution in [0, 0.1) is 6.92 Å². The number of amides is 1. The molecule has 0 saturated carbocycles. The molecular formula is C19H23BrN2O5S. The van der Waals surface area contributed by atoms with Crippen LogP contribution in [-0.2, 0) is 21.4 Å². The summed E-state index contributed by atoms with van der Waals surface area (Å²) in [7, 11) is -0.548. The molecule has 2 rings (SSSR count). The Labute approximate surface area is 173 Å². The summed E-state index contributed by atoms with van der Waals surface area (Å²) in [6.45, 7) is 1.77. The van der Waals surface area contributed by atoms with Crippen molar-refractivity contribution < 1.29 is 22.7 Å². The number of sulfonamides is 1. The molecule has 0 bridgehead atoms. The lowest BCUT2D eigenvalue weighted by Crippen LogP contribution is -2.40. The van der Waals surface area contributed by atoms with Gasteiger partial charge in [0.05, 0.1) is 26.2 Å². The van der Waals surface area contributed by atoms with Crippen molar-refractivity contribution in [1.29, 1.82) is 0 Å². The zero-order valence-electron chi connectivity index (χ0n) is 16.2. The van der Waals surface area contributed by atoms with E-state index in [1.807, 2.05) is 6.92 Å². The summed E-state index contributed by atoms with van der Waals surface area (Å²) in [5, 5.41) is 2.74. The molecule has 1 amide bonds. The highest BCUT2D eigenvalue weighted by atomic mass is 79.9. The van der Waals surface area contributed by atoms with E-state index in [-0.39, 0.29) is 13.1 Å². The van der Waals surface area contributed by atoms with E-state index >= 15 is 0 Å². The molecule has 0 aliphatic heterocycles. The number of aryl methyl sites for hydroxylation is 1. The normalized spacial score (nSPS) is 11.0. The van der Waals surface area contributed by atoms with Crippen molar-refractivity contribution in [2.24, 2.45) is 0 Å². The summed E-state index contributed by atoms with van der Waals surface area (Å²) in [6, 6.07) is 10.4. The molecule has 152 valence electrons.